The number of carbonyl (C=O) groups is 1. The molecule has 0 radical (unpaired) electrons. The van der Waals surface area contributed by atoms with Crippen LogP contribution < -0.4 is 10.1 Å². The van der Waals surface area contributed by atoms with Crippen LogP contribution in [0.5, 0.6) is 5.75 Å². The van der Waals surface area contributed by atoms with Crippen LogP contribution in [0.15, 0.2) is 54.6 Å². The van der Waals surface area contributed by atoms with E-state index < -0.39 is 6.10 Å². The molecule has 6 heteroatoms. The molecule has 1 amide bonds. The number of nitrogens with one attached hydrogen (secondary N) is 1. The van der Waals surface area contributed by atoms with Gasteiger partial charge in [0.05, 0.1) is 19.3 Å². The van der Waals surface area contributed by atoms with E-state index in [0.29, 0.717) is 10.8 Å². The maximum absolute atomic E-state index is 12.7. The summed E-state index contributed by atoms with van der Waals surface area (Å²) in [7, 11) is 0. The third-order valence-corrected chi connectivity index (χ3v) is 4.81. The Morgan fingerprint density at radius 3 is 2.48 bits per heavy atom. The number of hydrogen-bond donors (Lipinski definition) is 1. The van der Waals surface area contributed by atoms with E-state index in [1.165, 1.54) is 0 Å². The Kier molecular flexibility index (Phi) is 7.10. The SMILES string of the molecule is CC(Oc1ccc(Cl)cc1)C(=O)NC(CN1CCOCC1)c1ccccc1. The molecule has 27 heavy (non-hydrogen) atoms. The van der Waals surface area contributed by atoms with Gasteiger partial charge in [0.1, 0.15) is 5.75 Å². The Morgan fingerprint density at radius 2 is 1.81 bits per heavy atom. The normalized spacial score (nSPS) is 17.1. The minimum atomic E-state index is -0.609. The van der Waals surface area contributed by atoms with E-state index >= 15 is 0 Å². The summed E-state index contributed by atoms with van der Waals surface area (Å²) in [5, 5.41) is 3.77. The number of rotatable bonds is 7. The summed E-state index contributed by atoms with van der Waals surface area (Å²) in [6.07, 6.45) is -0.609. The summed E-state index contributed by atoms with van der Waals surface area (Å²) in [5.74, 6) is 0.471. The van der Waals surface area contributed by atoms with Crippen molar-refractivity contribution in [3.05, 3.63) is 65.2 Å². The molecule has 0 spiro atoms. The molecule has 0 aliphatic carbocycles. The van der Waals surface area contributed by atoms with Crippen molar-refractivity contribution in [2.45, 2.75) is 19.1 Å². The summed E-state index contributed by atoms with van der Waals surface area (Å²) >= 11 is 5.89. The van der Waals surface area contributed by atoms with E-state index in [0.717, 1.165) is 38.4 Å². The van der Waals surface area contributed by atoms with E-state index in [2.05, 4.69) is 10.2 Å². The van der Waals surface area contributed by atoms with Crippen LogP contribution in [0.3, 0.4) is 0 Å². The number of morpholine rings is 1. The number of ether oxygens (including phenoxy) is 2. The Morgan fingerprint density at radius 1 is 1.15 bits per heavy atom. The molecule has 0 aromatic heterocycles. The predicted molar refractivity (Wildman–Crippen MR) is 106 cm³/mol. The zero-order valence-electron chi connectivity index (χ0n) is 15.4. The molecule has 2 aromatic rings. The van der Waals surface area contributed by atoms with Crippen molar-refractivity contribution in [2.75, 3.05) is 32.8 Å². The monoisotopic (exact) mass is 388 g/mol. The van der Waals surface area contributed by atoms with Crippen LogP contribution in [-0.4, -0.2) is 49.8 Å². The molecule has 3 rings (SSSR count). The van der Waals surface area contributed by atoms with Crippen molar-refractivity contribution in [3.8, 4) is 5.75 Å². The Labute approximate surface area is 165 Å². The zero-order chi connectivity index (χ0) is 19.1. The van der Waals surface area contributed by atoms with Crippen LogP contribution in [0.4, 0.5) is 0 Å². The van der Waals surface area contributed by atoms with E-state index in [-0.39, 0.29) is 11.9 Å². The molecule has 1 aliphatic heterocycles. The van der Waals surface area contributed by atoms with Gasteiger partial charge in [-0.3, -0.25) is 9.69 Å². The number of nitrogens with zero attached hydrogens (tertiary/aromatic N) is 1. The first kappa shape index (κ1) is 19.7. The van der Waals surface area contributed by atoms with E-state index in [1.54, 1.807) is 31.2 Å². The molecule has 1 saturated heterocycles. The van der Waals surface area contributed by atoms with Crippen molar-refractivity contribution < 1.29 is 14.3 Å². The molecule has 1 fully saturated rings. The van der Waals surface area contributed by atoms with Crippen LogP contribution in [0, 0.1) is 0 Å². The lowest BCUT2D eigenvalue weighted by molar-refractivity contribution is -0.128. The second kappa shape index (κ2) is 9.74. The van der Waals surface area contributed by atoms with Gasteiger partial charge in [0.2, 0.25) is 0 Å². The van der Waals surface area contributed by atoms with Crippen LogP contribution in [0.25, 0.3) is 0 Å². The first-order chi connectivity index (χ1) is 13.1. The smallest absolute Gasteiger partial charge is 0.261 e. The lowest BCUT2D eigenvalue weighted by atomic mass is 10.1. The van der Waals surface area contributed by atoms with Crippen LogP contribution >= 0.6 is 11.6 Å². The maximum Gasteiger partial charge on any atom is 0.261 e. The molecule has 2 unspecified atom stereocenters. The fourth-order valence-electron chi connectivity index (χ4n) is 3.02. The van der Waals surface area contributed by atoms with Gasteiger partial charge in [0, 0.05) is 24.7 Å². The third kappa shape index (κ3) is 5.96. The lowest BCUT2D eigenvalue weighted by Crippen LogP contribution is -2.45. The molecule has 5 nitrogen and oxygen atoms in total. The molecule has 1 aliphatic rings. The lowest BCUT2D eigenvalue weighted by Gasteiger charge is -2.31. The minimum absolute atomic E-state index is 0.104. The summed E-state index contributed by atoms with van der Waals surface area (Å²) < 4.78 is 11.2. The molecule has 1 heterocycles. The Balaban J connectivity index is 1.64. The van der Waals surface area contributed by atoms with Crippen molar-refractivity contribution in [2.24, 2.45) is 0 Å². The van der Waals surface area contributed by atoms with Gasteiger partial charge in [-0.25, -0.2) is 0 Å². The third-order valence-electron chi connectivity index (χ3n) is 4.56. The molecule has 2 aromatic carbocycles. The van der Waals surface area contributed by atoms with Gasteiger partial charge in [0.25, 0.3) is 5.91 Å². The number of amides is 1. The Bertz CT molecular complexity index is 718. The van der Waals surface area contributed by atoms with Crippen molar-refractivity contribution in [1.29, 1.82) is 0 Å². The number of benzene rings is 2. The first-order valence-electron chi connectivity index (χ1n) is 9.19. The van der Waals surface area contributed by atoms with Crippen molar-refractivity contribution >= 4 is 17.5 Å². The topological polar surface area (TPSA) is 50.8 Å². The zero-order valence-corrected chi connectivity index (χ0v) is 16.2. The standard InChI is InChI=1S/C21H25ClN2O3/c1-16(27-19-9-7-18(22)8-10-19)21(25)23-20(17-5-3-2-4-6-17)15-24-11-13-26-14-12-24/h2-10,16,20H,11-15H2,1H3,(H,23,25). The number of carbonyl (C=O) groups excluding carboxylic acids is 1. The summed E-state index contributed by atoms with van der Waals surface area (Å²) in [5.41, 5.74) is 1.08. The average molecular weight is 389 g/mol. The van der Waals surface area contributed by atoms with Crippen LogP contribution in [-0.2, 0) is 9.53 Å². The van der Waals surface area contributed by atoms with Gasteiger partial charge in [0.15, 0.2) is 6.10 Å². The van der Waals surface area contributed by atoms with Gasteiger partial charge in [-0.15, -0.1) is 0 Å². The largest absolute Gasteiger partial charge is 0.481 e. The molecular weight excluding hydrogens is 364 g/mol. The highest BCUT2D eigenvalue weighted by Crippen LogP contribution is 2.18. The molecule has 0 saturated carbocycles. The van der Waals surface area contributed by atoms with Crippen LogP contribution in [0.2, 0.25) is 5.02 Å². The molecule has 2 atom stereocenters. The van der Waals surface area contributed by atoms with Gasteiger partial charge >= 0.3 is 0 Å². The second-order valence-electron chi connectivity index (χ2n) is 6.60. The van der Waals surface area contributed by atoms with Gasteiger partial charge in [-0.2, -0.15) is 0 Å². The fourth-order valence-corrected chi connectivity index (χ4v) is 3.15. The molecular formula is C21H25ClN2O3. The van der Waals surface area contributed by atoms with Gasteiger partial charge in [-0.05, 0) is 36.8 Å². The molecule has 144 valence electrons. The number of halogens is 1. The fraction of sp³-hybridized carbons (Fsp3) is 0.381. The summed E-state index contributed by atoms with van der Waals surface area (Å²) in [6.45, 7) is 5.69. The van der Waals surface area contributed by atoms with Crippen LogP contribution in [0.1, 0.15) is 18.5 Å². The van der Waals surface area contributed by atoms with Crippen molar-refractivity contribution in [1.82, 2.24) is 10.2 Å². The van der Waals surface area contributed by atoms with Gasteiger partial charge in [-0.1, -0.05) is 41.9 Å². The average Bonchev–Trinajstić information content (AvgIpc) is 2.70. The van der Waals surface area contributed by atoms with E-state index in [9.17, 15) is 4.79 Å². The van der Waals surface area contributed by atoms with Crippen molar-refractivity contribution in [3.63, 3.8) is 0 Å². The minimum Gasteiger partial charge on any atom is -0.481 e. The van der Waals surface area contributed by atoms with E-state index in [4.69, 9.17) is 21.1 Å². The van der Waals surface area contributed by atoms with Gasteiger partial charge < -0.3 is 14.8 Å². The highest BCUT2D eigenvalue weighted by atomic mass is 35.5. The van der Waals surface area contributed by atoms with E-state index in [1.807, 2.05) is 30.3 Å². The summed E-state index contributed by atoms with van der Waals surface area (Å²) in [4.78, 5) is 15.0. The highest BCUT2D eigenvalue weighted by molar-refractivity contribution is 6.30. The number of hydrogen-bond acceptors (Lipinski definition) is 4. The second-order valence-corrected chi connectivity index (χ2v) is 7.04. The maximum atomic E-state index is 12.7. The predicted octanol–water partition coefficient (Wildman–Crippen LogP) is 3.30. The molecule has 1 N–H and O–H groups in total. The first-order valence-corrected chi connectivity index (χ1v) is 9.57. The Hall–Kier alpha value is -2.08. The highest BCUT2D eigenvalue weighted by Gasteiger charge is 2.23. The molecule has 0 bridgehead atoms. The summed E-state index contributed by atoms with van der Waals surface area (Å²) in [6, 6.07) is 16.9. The quantitative estimate of drug-likeness (QED) is 0.790.